The molecule has 2 heterocycles. The molecular weight excluding hydrogens is 245 g/mol. The van der Waals surface area contributed by atoms with E-state index in [0.29, 0.717) is 17.0 Å². The first-order chi connectivity index (χ1) is 9.06. The second kappa shape index (κ2) is 4.38. The van der Waals surface area contributed by atoms with Crippen LogP contribution in [-0.4, -0.2) is 47.8 Å². The maximum Gasteiger partial charge on any atom is 0.220 e. The number of aryl methyl sites for hydroxylation is 1. The van der Waals surface area contributed by atoms with Gasteiger partial charge in [-0.25, -0.2) is 14.1 Å². The quantitative estimate of drug-likeness (QED) is 0.832. The van der Waals surface area contributed by atoms with E-state index < -0.39 is 0 Å². The van der Waals surface area contributed by atoms with Gasteiger partial charge in [-0.05, 0) is 25.6 Å². The van der Waals surface area contributed by atoms with Gasteiger partial charge in [0.15, 0.2) is 0 Å². The van der Waals surface area contributed by atoms with Crippen LogP contribution in [0.2, 0.25) is 0 Å². The predicted octanol–water partition coefficient (Wildman–Crippen LogP) is 0.949. The lowest BCUT2D eigenvalue weighted by molar-refractivity contribution is 0.290. The van der Waals surface area contributed by atoms with Crippen LogP contribution in [0.5, 0.6) is 0 Å². The zero-order chi connectivity index (χ0) is 13.6. The van der Waals surface area contributed by atoms with Gasteiger partial charge in [0.25, 0.3) is 0 Å². The molecule has 3 rings (SSSR count). The molecule has 1 aromatic carbocycles. The van der Waals surface area contributed by atoms with Gasteiger partial charge < -0.3 is 15.6 Å². The van der Waals surface area contributed by atoms with Crippen LogP contribution in [0, 0.1) is 12.7 Å². The SMILES string of the molecule is Cc1cc2c(cc1F)nc(N)n2N1CCN(C)CC1. The van der Waals surface area contributed by atoms with Crippen LogP contribution in [0.3, 0.4) is 0 Å². The summed E-state index contributed by atoms with van der Waals surface area (Å²) in [6.45, 7) is 5.51. The average molecular weight is 263 g/mol. The number of hydrogen-bond acceptors (Lipinski definition) is 4. The van der Waals surface area contributed by atoms with Crippen LogP contribution in [0.1, 0.15) is 5.56 Å². The zero-order valence-corrected chi connectivity index (χ0v) is 11.2. The summed E-state index contributed by atoms with van der Waals surface area (Å²) in [7, 11) is 2.10. The maximum atomic E-state index is 13.6. The lowest BCUT2D eigenvalue weighted by Crippen LogP contribution is -2.50. The molecule has 0 aliphatic carbocycles. The fraction of sp³-hybridized carbons (Fsp3) is 0.462. The molecule has 0 atom stereocenters. The van der Waals surface area contributed by atoms with Gasteiger partial charge in [-0.15, -0.1) is 0 Å². The normalized spacial score (nSPS) is 17.3. The van der Waals surface area contributed by atoms with E-state index in [4.69, 9.17) is 5.73 Å². The molecule has 1 aliphatic heterocycles. The molecule has 0 saturated carbocycles. The molecule has 2 N–H and O–H groups in total. The van der Waals surface area contributed by atoms with Crippen LogP contribution < -0.4 is 10.7 Å². The summed E-state index contributed by atoms with van der Waals surface area (Å²) in [5.41, 5.74) is 8.09. The molecule has 0 bridgehead atoms. The van der Waals surface area contributed by atoms with Gasteiger partial charge in [-0.2, -0.15) is 0 Å². The zero-order valence-electron chi connectivity index (χ0n) is 11.2. The van der Waals surface area contributed by atoms with Gasteiger partial charge in [-0.3, -0.25) is 0 Å². The summed E-state index contributed by atoms with van der Waals surface area (Å²) in [6, 6.07) is 3.26. The van der Waals surface area contributed by atoms with E-state index in [2.05, 4.69) is 21.9 Å². The van der Waals surface area contributed by atoms with Crippen molar-refractivity contribution in [2.75, 3.05) is 44.0 Å². The minimum atomic E-state index is -0.240. The number of hydrogen-bond donors (Lipinski definition) is 1. The molecule has 1 saturated heterocycles. The van der Waals surface area contributed by atoms with Crippen LogP contribution in [0.4, 0.5) is 10.3 Å². The molecule has 0 radical (unpaired) electrons. The molecule has 6 heteroatoms. The monoisotopic (exact) mass is 263 g/mol. The largest absolute Gasteiger partial charge is 0.368 e. The van der Waals surface area contributed by atoms with Crippen molar-refractivity contribution < 1.29 is 4.39 Å². The third kappa shape index (κ3) is 2.02. The van der Waals surface area contributed by atoms with Crippen molar-refractivity contribution in [2.45, 2.75) is 6.92 Å². The Morgan fingerprint density at radius 1 is 1.21 bits per heavy atom. The number of benzene rings is 1. The van der Waals surface area contributed by atoms with Crippen LogP contribution >= 0.6 is 0 Å². The molecule has 5 nitrogen and oxygen atoms in total. The fourth-order valence-corrected chi connectivity index (χ4v) is 2.50. The Bertz CT molecular complexity index is 613. The lowest BCUT2D eigenvalue weighted by Gasteiger charge is -2.35. The Kier molecular flexibility index (Phi) is 2.82. The van der Waals surface area contributed by atoms with Crippen molar-refractivity contribution in [3.8, 4) is 0 Å². The Hall–Kier alpha value is -1.82. The van der Waals surface area contributed by atoms with Crippen molar-refractivity contribution in [1.82, 2.24) is 14.6 Å². The van der Waals surface area contributed by atoms with Crippen molar-refractivity contribution in [3.63, 3.8) is 0 Å². The number of fused-ring (bicyclic) bond motifs is 1. The Labute approximate surface area is 111 Å². The van der Waals surface area contributed by atoms with Crippen molar-refractivity contribution >= 4 is 17.0 Å². The third-order valence-electron chi connectivity index (χ3n) is 3.70. The molecule has 1 aromatic heterocycles. The van der Waals surface area contributed by atoms with Crippen LogP contribution in [0.25, 0.3) is 11.0 Å². The first kappa shape index (κ1) is 12.2. The fourth-order valence-electron chi connectivity index (χ4n) is 2.50. The summed E-state index contributed by atoms with van der Waals surface area (Å²) in [5, 5.41) is 2.17. The Morgan fingerprint density at radius 3 is 2.58 bits per heavy atom. The summed E-state index contributed by atoms with van der Waals surface area (Å²) in [4.78, 5) is 6.53. The highest BCUT2D eigenvalue weighted by Gasteiger charge is 2.19. The van der Waals surface area contributed by atoms with Gasteiger partial charge in [0.2, 0.25) is 5.95 Å². The molecule has 102 valence electrons. The number of nitrogen functional groups attached to an aromatic ring is 1. The summed E-state index contributed by atoms with van der Waals surface area (Å²) in [6.07, 6.45) is 0. The van der Waals surface area contributed by atoms with Crippen LogP contribution in [-0.2, 0) is 0 Å². The van der Waals surface area contributed by atoms with E-state index in [1.54, 1.807) is 6.92 Å². The summed E-state index contributed by atoms with van der Waals surface area (Å²) >= 11 is 0. The van der Waals surface area contributed by atoms with Gasteiger partial charge >= 0.3 is 0 Å². The minimum absolute atomic E-state index is 0.240. The first-order valence-electron chi connectivity index (χ1n) is 6.44. The number of piperazine rings is 1. The Balaban J connectivity index is 2.07. The maximum absolute atomic E-state index is 13.6. The molecule has 19 heavy (non-hydrogen) atoms. The first-order valence-corrected chi connectivity index (χ1v) is 6.44. The van der Waals surface area contributed by atoms with Gasteiger partial charge in [-0.1, -0.05) is 0 Å². The number of nitrogens with two attached hydrogens (primary N) is 1. The number of imidazole rings is 1. The number of nitrogens with zero attached hydrogens (tertiary/aromatic N) is 4. The predicted molar refractivity (Wildman–Crippen MR) is 74.3 cm³/mol. The molecular formula is C13H18FN5. The van der Waals surface area contributed by atoms with E-state index >= 15 is 0 Å². The number of halogens is 1. The smallest absolute Gasteiger partial charge is 0.220 e. The number of anilines is 1. The number of likely N-dealkylation sites (N-methyl/N-ethyl adjacent to an activating group) is 1. The Morgan fingerprint density at radius 2 is 1.89 bits per heavy atom. The van der Waals surface area contributed by atoms with Crippen molar-refractivity contribution in [2.24, 2.45) is 0 Å². The second-order valence-corrected chi connectivity index (χ2v) is 5.13. The van der Waals surface area contributed by atoms with E-state index in [9.17, 15) is 4.39 Å². The average Bonchev–Trinajstić information content (AvgIpc) is 2.67. The van der Waals surface area contributed by atoms with E-state index in [-0.39, 0.29) is 5.82 Å². The highest BCUT2D eigenvalue weighted by molar-refractivity contribution is 5.79. The van der Waals surface area contributed by atoms with Crippen LogP contribution in [0.15, 0.2) is 12.1 Å². The summed E-state index contributed by atoms with van der Waals surface area (Å²) in [5.74, 6) is 0.181. The molecule has 2 aromatic rings. The molecule has 0 amide bonds. The van der Waals surface area contributed by atoms with Gasteiger partial charge in [0.1, 0.15) is 5.82 Å². The second-order valence-electron chi connectivity index (χ2n) is 5.13. The van der Waals surface area contributed by atoms with Gasteiger partial charge in [0.05, 0.1) is 11.0 Å². The number of aromatic nitrogens is 2. The van der Waals surface area contributed by atoms with Gasteiger partial charge in [0, 0.05) is 32.2 Å². The van der Waals surface area contributed by atoms with E-state index in [0.717, 1.165) is 31.7 Å². The number of rotatable bonds is 1. The molecule has 1 fully saturated rings. The molecule has 0 spiro atoms. The standard InChI is InChI=1S/C13H18FN5/c1-9-7-12-11(8-10(9)14)16-13(15)19(12)18-5-3-17(2)4-6-18/h7-8H,3-6H2,1-2H3,(H2,15,16). The van der Waals surface area contributed by atoms with E-state index in [1.165, 1.54) is 6.07 Å². The minimum Gasteiger partial charge on any atom is -0.368 e. The summed E-state index contributed by atoms with van der Waals surface area (Å²) < 4.78 is 15.5. The van der Waals surface area contributed by atoms with E-state index in [1.807, 2.05) is 10.7 Å². The topological polar surface area (TPSA) is 50.3 Å². The lowest BCUT2D eigenvalue weighted by atomic mass is 10.2. The molecule has 0 unspecified atom stereocenters. The van der Waals surface area contributed by atoms with Crippen molar-refractivity contribution in [3.05, 3.63) is 23.5 Å². The third-order valence-corrected chi connectivity index (χ3v) is 3.70. The highest BCUT2D eigenvalue weighted by Crippen LogP contribution is 2.22. The van der Waals surface area contributed by atoms with Crippen molar-refractivity contribution in [1.29, 1.82) is 0 Å². The highest BCUT2D eigenvalue weighted by atomic mass is 19.1. The molecule has 1 aliphatic rings.